The molecule has 0 atom stereocenters. The molecule has 3 aromatic rings. The molecular weight excluding hydrogens is 459 g/mol. The normalized spacial score (nSPS) is 11.7. The van der Waals surface area contributed by atoms with Gasteiger partial charge in [0.25, 0.3) is 0 Å². The van der Waals surface area contributed by atoms with Crippen LogP contribution in [-0.2, 0) is 27.0 Å². The number of carbonyl (C=O) groups is 1. The van der Waals surface area contributed by atoms with Crippen molar-refractivity contribution in [3.63, 3.8) is 0 Å². The number of carbonyl (C=O) groups excluding carboxylic acids is 1. The maximum atomic E-state index is 13.2. The number of hydrogen-bond donors (Lipinski definition) is 1. The zero-order valence-electron chi connectivity index (χ0n) is 18.1. The maximum absolute atomic E-state index is 13.2. The SMILES string of the molecule is COCCOc1ccc(C(F)(F)F)cc1NC(=O)CSc1nc2ccccc2n1CCOC. The summed E-state index contributed by atoms with van der Waals surface area (Å²) in [4.78, 5) is 17.2. The lowest BCUT2D eigenvalue weighted by Crippen LogP contribution is -2.17. The van der Waals surface area contributed by atoms with Crippen molar-refractivity contribution in [3.8, 4) is 5.75 Å². The summed E-state index contributed by atoms with van der Waals surface area (Å²) in [7, 11) is 3.08. The van der Waals surface area contributed by atoms with E-state index >= 15 is 0 Å². The molecule has 0 aliphatic carbocycles. The number of ether oxygens (including phenoxy) is 3. The second-order valence-electron chi connectivity index (χ2n) is 6.91. The molecule has 1 aromatic heterocycles. The van der Waals surface area contributed by atoms with Gasteiger partial charge >= 0.3 is 6.18 Å². The summed E-state index contributed by atoms with van der Waals surface area (Å²) >= 11 is 1.19. The van der Waals surface area contributed by atoms with Crippen LogP contribution in [0.25, 0.3) is 11.0 Å². The lowest BCUT2D eigenvalue weighted by Gasteiger charge is -2.15. The van der Waals surface area contributed by atoms with Crippen molar-refractivity contribution in [3.05, 3.63) is 48.0 Å². The molecule has 33 heavy (non-hydrogen) atoms. The van der Waals surface area contributed by atoms with Gasteiger partial charge in [-0.25, -0.2) is 4.98 Å². The van der Waals surface area contributed by atoms with Crippen LogP contribution in [0.3, 0.4) is 0 Å². The lowest BCUT2D eigenvalue weighted by molar-refractivity contribution is -0.137. The second-order valence-corrected chi connectivity index (χ2v) is 7.86. The molecule has 178 valence electrons. The maximum Gasteiger partial charge on any atom is 0.416 e. The molecule has 0 unspecified atom stereocenters. The Morgan fingerprint density at radius 1 is 1.09 bits per heavy atom. The first-order chi connectivity index (χ1) is 15.8. The first-order valence-corrected chi connectivity index (χ1v) is 11.0. The van der Waals surface area contributed by atoms with Crippen molar-refractivity contribution < 1.29 is 32.2 Å². The Bertz CT molecular complexity index is 1090. The van der Waals surface area contributed by atoms with E-state index in [-0.39, 0.29) is 30.4 Å². The molecule has 1 amide bonds. The summed E-state index contributed by atoms with van der Waals surface area (Å²) in [6, 6.07) is 10.5. The number of aromatic nitrogens is 2. The number of methoxy groups -OCH3 is 2. The van der Waals surface area contributed by atoms with Gasteiger partial charge in [-0.05, 0) is 30.3 Å². The van der Waals surface area contributed by atoms with Gasteiger partial charge < -0.3 is 24.1 Å². The van der Waals surface area contributed by atoms with Crippen LogP contribution in [-0.4, -0.2) is 55.3 Å². The Morgan fingerprint density at radius 2 is 1.85 bits per heavy atom. The molecule has 1 heterocycles. The third-order valence-electron chi connectivity index (χ3n) is 4.60. The minimum atomic E-state index is -4.55. The molecule has 0 fully saturated rings. The van der Waals surface area contributed by atoms with Gasteiger partial charge in [0.1, 0.15) is 12.4 Å². The zero-order valence-corrected chi connectivity index (χ0v) is 19.0. The molecule has 0 saturated heterocycles. The summed E-state index contributed by atoms with van der Waals surface area (Å²) in [5, 5.41) is 3.14. The number of anilines is 1. The third-order valence-corrected chi connectivity index (χ3v) is 5.57. The predicted octanol–water partition coefficient (Wildman–Crippen LogP) is 4.46. The van der Waals surface area contributed by atoms with Crippen LogP contribution in [0.15, 0.2) is 47.6 Å². The number of thioether (sulfide) groups is 1. The Labute approximate surface area is 193 Å². The highest BCUT2D eigenvalue weighted by molar-refractivity contribution is 7.99. The summed E-state index contributed by atoms with van der Waals surface area (Å²) in [6.07, 6.45) is -4.55. The molecule has 11 heteroatoms. The van der Waals surface area contributed by atoms with Crippen LogP contribution in [0.4, 0.5) is 18.9 Å². The van der Waals surface area contributed by atoms with Crippen molar-refractivity contribution in [1.82, 2.24) is 9.55 Å². The number of amides is 1. The van der Waals surface area contributed by atoms with Crippen molar-refractivity contribution in [2.24, 2.45) is 0 Å². The number of fused-ring (bicyclic) bond motifs is 1. The van der Waals surface area contributed by atoms with E-state index in [2.05, 4.69) is 10.3 Å². The van der Waals surface area contributed by atoms with Crippen molar-refractivity contribution in [1.29, 1.82) is 0 Å². The highest BCUT2D eigenvalue weighted by Gasteiger charge is 2.31. The number of alkyl halides is 3. The lowest BCUT2D eigenvalue weighted by atomic mass is 10.1. The third kappa shape index (κ3) is 6.62. The largest absolute Gasteiger partial charge is 0.489 e. The van der Waals surface area contributed by atoms with E-state index in [9.17, 15) is 18.0 Å². The number of halogens is 3. The average Bonchev–Trinajstić information content (AvgIpc) is 3.14. The molecule has 0 spiro atoms. The van der Waals surface area contributed by atoms with Crippen LogP contribution < -0.4 is 10.1 Å². The topological polar surface area (TPSA) is 74.6 Å². The van der Waals surface area contributed by atoms with Gasteiger partial charge in [0, 0.05) is 20.8 Å². The highest BCUT2D eigenvalue weighted by atomic mass is 32.2. The molecule has 0 aliphatic heterocycles. The van der Waals surface area contributed by atoms with Gasteiger partial charge in [-0.1, -0.05) is 23.9 Å². The summed E-state index contributed by atoms with van der Waals surface area (Å²) in [5.41, 5.74) is 0.748. The number of nitrogens with zero attached hydrogens (tertiary/aromatic N) is 2. The van der Waals surface area contributed by atoms with Gasteiger partial charge in [0.05, 0.1) is 41.3 Å². The molecule has 0 radical (unpaired) electrons. The summed E-state index contributed by atoms with van der Waals surface area (Å²) in [6.45, 7) is 1.39. The fourth-order valence-electron chi connectivity index (χ4n) is 3.04. The van der Waals surface area contributed by atoms with Gasteiger partial charge in [0.2, 0.25) is 5.91 Å². The number of rotatable bonds is 11. The number of benzene rings is 2. The first-order valence-electron chi connectivity index (χ1n) is 10.0. The molecular formula is C22H24F3N3O4S. The molecule has 1 N–H and O–H groups in total. The monoisotopic (exact) mass is 483 g/mol. The fraction of sp³-hybridized carbons (Fsp3) is 0.364. The standard InChI is InChI=1S/C22H24F3N3O4S/c1-30-10-9-28-18-6-4-3-5-16(18)27-21(28)33-14-20(29)26-17-13-15(22(23,24)25)7-8-19(17)32-12-11-31-2/h3-8,13H,9-12,14H2,1-2H3,(H,26,29). The predicted molar refractivity (Wildman–Crippen MR) is 120 cm³/mol. The molecule has 0 aliphatic rings. The van der Waals surface area contributed by atoms with E-state index in [1.807, 2.05) is 28.8 Å². The molecule has 2 aromatic carbocycles. The van der Waals surface area contributed by atoms with Crippen molar-refractivity contribution in [2.45, 2.75) is 17.9 Å². The van der Waals surface area contributed by atoms with Crippen molar-refractivity contribution >= 4 is 34.4 Å². The smallest absolute Gasteiger partial charge is 0.416 e. The molecule has 0 bridgehead atoms. The van der Waals surface area contributed by atoms with E-state index in [4.69, 9.17) is 14.2 Å². The first kappa shape index (κ1) is 24.9. The Morgan fingerprint density at radius 3 is 2.58 bits per heavy atom. The molecule has 3 rings (SSSR count). The Kier molecular flexibility index (Phi) is 8.59. The second kappa shape index (κ2) is 11.4. The average molecular weight is 484 g/mol. The minimum absolute atomic E-state index is 0.0515. The van der Waals surface area contributed by atoms with Crippen LogP contribution >= 0.6 is 11.8 Å². The highest BCUT2D eigenvalue weighted by Crippen LogP contribution is 2.35. The van der Waals surface area contributed by atoms with E-state index in [0.29, 0.717) is 18.3 Å². The number of imidazole rings is 1. The van der Waals surface area contributed by atoms with Gasteiger partial charge in [-0.3, -0.25) is 4.79 Å². The van der Waals surface area contributed by atoms with Gasteiger partial charge in [0.15, 0.2) is 5.16 Å². The number of nitrogens with one attached hydrogen (secondary N) is 1. The van der Waals surface area contributed by atoms with E-state index in [1.165, 1.54) is 24.9 Å². The molecule has 7 nitrogen and oxygen atoms in total. The molecule has 0 saturated carbocycles. The number of para-hydroxylation sites is 2. The van der Waals surface area contributed by atoms with Crippen LogP contribution in [0.5, 0.6) is 5.75 Å². The quantitative estimate of drug-likeness (QED) is 0.321. The number of hydrogen-bond acceptors (Lipinski definition) is 6. The Balaban J connectivity index is 1.75. The van der Waals surface area contributed by atoms with Crippen LogP contribution in [0.1, 0.15) is 5.56 Å². The summed E-state index contributed by atoms with van der Waals surface area (Å²) in [5.74, 6) is -0.406. The summed E-state index contributed by atoms with van der Waals surface area (Å²) < 4.78 is 57.0. The van der Waals surface area contributed by atoms with Crippen LogP contribution in [0, 0.1) is 0 Å². The van der Waals surface area contributed by atoms with E-state index < -0.39 is 17.6 Å². The zero-order chi connectivity index (χ0) is 23.8. The fourth-order valence-corrected chi connectivity index (χ4v) is 3.88. The van der Waals surface area contributed by atoms with Crippen LogP contribution in [0.2, 0.25) is 0 Å². The van der Waals surface area contributed by atoms with Crippen molar-refractivity contribution in [2.75, 3.05) is 45.1 Å². The van der Waals surface area contributed by atoms with E-state index in [0.717, 1.165) is 23.2 Å². The van der Waals surface area contributed by atoms with Gasteiger partial charge in [-0.15, -0.1) is 0 Å². The minimum Gasteiger partial charge on any atom is -0.489 e. The van der Waals surface area contributed by atoms with E-state index in [1.54, 1.807) is 7.11 Å². The van der Waals surface area contributed by atoms with Gasteiger partial charge in [-0.2, -0.15) is 13.2 Å². The Hall–Kier alpha value is -2.76.